The summed E-state index contributed by atoms with van der Waals surface area (Å²) in [4.78, 5) is 0. The summed E-state index contributed by atoms with van der Waals surface area (Å²) >= 11 is 0. The van der Waals surface area contributed by atoms with Gasteiger partial charge in [0.05, 0.1) is 11.7 Å². The van der Waals surface area contributed by atoms with E-state index in [1.165, 1.54) is 0 Å². The van der Waals surface area contributed by atoms with Crippen LogP contribution in [0.1, 0.15) is 23.8 Å². The minimum Gasteiger partial charge on any atom is -0.388 e. The summed E-state index contributed by atoms with van der Waals surface area (Å²) in [6, 6.07) is 0. The number of hydrogen-bond donors (Lipinski definition) is 2. The molecule has 1 unspecified atom stereocenters. The smallest absolute Gasteiger partial charge is 0.388 e. The number of hydrogen-bond acceptors (Lipinski definition) is 4. The molecule has 80 valence electrons. The number of halogens is 3. The van der Waals surface area contributed by atoms with Gasteiger partial charge in [-0.25, -0.2) is 0 Å². The Morgan fingerprint density at radius 3 is 2.71 bits per heavy atom. The monoisotopic (exact) mass is 210 g/mol. The van der Waals surface area contributed by atoms with Crippen LogP contribution in [0.15, 0.2) is 10.8 Å². The Kier molecular flexibility index (Phi) is 3.12. The van der Waals surface area contributed by atoms with Crippen LogP contribution in [0.3, 0.4) is 0 Å². The second-order valence-electron chi connectivity index (χ2n) is 2.71. The third kappa shape index (κ3) is 2.24. The quantitative estimate of drug-likeness (QED) is 0.782. The molecule has 0 bridgehead atoms. The summed E-state index contributed by atoms with van der Waals surface area (Å²) in [5.74, 6) is 0. The van der Waals surface area contributed by atoms with Crippen LogP contribution < -0.4 is 5.73 Å². The molecule has 0 fully saturated rings. The Labute approximate surface area is 77.5 Å². The van der Waals surface area contributed by atoms with Crippen molar-refractivity contribution in [3.63, 3.8) is 0 Å². The molecule has 1 aromatic heterocycles. The number of aromatic nitrogens is 1. The SMILES string of the molecule is NCCC(O)c1conc1C(F)(F)F. The van der Waals surface area contributed by atoms with Gasteiger partial charge in [0.1, 0.15) is 6.26 Å². The Morgan fingerprint density at radius 2 is 2.21 bits per heavy atom. The molecule has 0 saturated heterocycles. The predicted molar refractivity (Wildman–Crippen MR) is 40.1 cm³/mol. The van der Waals surface area contributed by atoms with E-state index in [1.807, 2.05) is 0 Å². The molecule has 0 aromatic carbocycles. The fraction of sp³-hybridized carbons (Fsp3) is 0.571. The van der Waals surface area contributed by atoms with Crippen LogP contribution in [-0.2, 0) is 6.18 Å². The lowest BCUT2D eigenvalue weighted by Gasteiger charge is -2.09. The summed E-state index contributed by atoms with van der Waals surface area (Å²) in [6.07, 6.45) is -5.09. The number of aliphatic hydroxyl groups excluding tert-OH is 1. The summed E-state index contributed by atoms with van der Waals surface area (Å²) in [7, 11) is 0. The van der Waals surface area contributed by atoms with Crippen molar-refractivity contribution in [2.45, 2.75) is 18.7 Å². The van der Waals surface area contributed by atoms with E-state index in [0.717, 1.165) is 6.26 Å². The van der Waals surface area contributed by atoms with Crippen LogP contribution in [0.25, 0.3) is 0 Å². The first-order chi connectivity index (χ1) is 6.46. The summed E-state index contributed by atoms with van der Waals surface area (Å²) < 4.78 is 40.8. The average molecular weight is 210 g/mol. The van der Waals surface area contributed by atoms with E-state index in [4.69, 9.17) is 5.73 Å². The summed E-state index contributed by atoms with van der Waals surface area (Å²) in [6.45, 7) is 0.0869. The third-order valence-corrected chi connectivity index (χ3v) is 1.66. The Bertz CT molecular complexity index is 297. The number of aliphatic hydroxyl groups is 1. The van der Waals surface area contributed by atoms with Crippen molar-refractivity contribution in [2.24, 2.45) is 5.73 Å². The van der Waals surface area contributed by atoms with Gasteiger partial charge < -0.3 is 15.4 Å². The van der Waals surface area contributed by atoms with Crippen molar-refractivity contribution in [3.05, 3.63) is 17.5 Å². The maximum atomic E-state index is 12.2. The lowest BCUT2D eigenvalue weighted by atomic mass is 10.1. The zero-order chi connectivity index (χ0) is 10.8. The van der Waals surface area contributed by atoms with Crippen LogP contribution >= 0.6 is 0 Å². The van der Waals surface area contributed by atoms with Gasteiger partial charge in [0.15, 0.2) is 5.69 Å². The second-order valence-corrected chi connectivity index (χ2v) is 2.71. The van der Waals surface area contributed by atoms with Crippen molar-refractivity contribution in [3.8, 4) is 0 Å². The molecule has 1 heterocycles. The fourth-order valence-corrected chi connectivity index (χ4v) is 1.01. The largest absolute Gasteiger partial charge is 0.437 e. The number of rotatable bonds is 3. The standard InChI is InChI=1S/C7H9F3N2O2/c8-7(9,10)6-4(3-14-12-6)5(13)1-2-11/h3,5,13H,1-2,11H2. The molecule has 0 aliphatic rings. The van der Waals surface area contributed by atoms with Crippen LogP contribution in [0.2, 0.25) is 0 Å². The molecule has 3 N–H and O–H groups in total. The average Bonchev–Trinajstić information content (AvgIpc) is 2.50. The van der Waals surface area contributed by atoms with Gasteiger partial charge in [-0.05, 0) is 13.0 Å². The normalized spacial score (nSPS) is 14.4. The molecule has 4 nitrogen and oxygen atoms in total. The van der Waals surface area contributed by atoms with E-state index < -0.39 is 18.0 Å². The van der Waals surface area contributed by atoms with Crippen LogP contribution in [-0.4, -0.2) is 16.8 Å². The van der Waals surface area contributed by atoms with E-state index in [-0.39, 0.29) is 18.5 Å². The Balaban J connectivity index is 2.93. The van der Waals surface area contributed by atoms with Crippen LogP contribution in [0.5, 0.6) is 0 Å². The number of nitrogens with zero attached hydrogens (tertiary/aromatic N) is 1. The first-order valence-corrected chi connectivity index (χ1v) is 3.86. The lowest BCUT2D eigenvalue weighted by Crippen LogP contribution is -2.13. The van der Waals surface area contributed by atoms with Gasteiger partial charge in [0, 0.05) is 0 Å². The molecule has 0 aliphatic carbocycles. The molecule has 14 heavy (non-hydrogen) atoms. The first kappa shape index (κ1) is 11.0. The van der Waals surface area contributed by atoms with Gasteiger partial charge in [-0.3, -0.25) is 0 Å². The Hall–Kier alpha value is -1.08. The summed E-state index contributed by atoms with van der Waals surface area (Å²) in [5.41, 5.74) is 3.53. The molecular formula is C7H9F3N2O2. The van der Waals surface area contributed by atoms with Gasteiger partial charge in [-0.15, -0.1) is 0 Å². The third-order valence-electron chi connectivity index (χ3n) is 1.66. The maximum absolute atomic E-state index is 12.2. The minimum absolute atomic E-state index is 0.0320. The molecule has 0 saturated carbocycles. The van der Waals surface area contributed by atoms with Crippen molar-refractivity contribution in [1.82, 2.24) is 5.16 Å². The van der Waals surface area contributed by atoms with Gasteiger partial charge in [-0.2, -0.15) is 13.2 Å². The number of nitrogens with two attached hydrogens (primary N) is 1. The van der Waals surface area contributed by atoms with Gasteiger partial charge in [-0.1, -0.05) is 5.16 Å². The van der Waals surface area contributed by atoms with E-state index in [1.54, 1.807) is 0 Å². The van der Waals surface area contributed by atoms with Crippen molar-refractivity contribution in [2.75, 3.05) is 6.54 Å². The van der Waals surface area contributed by atoms with E-state index in [0.29, 0.717) is 0 Å². The second kappa shape index (κ2) is 3.97. The highest BCUT2D eigenvalue weighted by Crippen LogP contribution is 2.34. The van der Waals surface area contributed by atoms with E-state index >= 15 is 0 Å². The molecule has 1 rings (SSSR count). The molecule has 0 spiro atoms. The van der Waals surface area contributed by atoms with E-state index in [2.05, 4.69) is 9.68 Å². The van der Waals surface area contributed by atoms with Crippen molar-refractivity contribution < 1.29 is 22.8 Å². The molecule has 1 atom stereocenters. The molecule has 7 heteroatoms. The fourth-order valence-electron chi connectivity index (χ4n) is 1.01. The lowest BCUT2D eigenvalue weighted by molar-refractivity contribution is -0.144. The van der Waals surface area contributed by atoms with E-state index in [9.17, 15) is 18.3 Å². The molecule has 0 radical (unpaired) electrons. The van der Waals surface area contributed by atoms with Crippen molar-refractivity contribution in [1.29, 1.82) is 0 Å². The zero-order valence-electron chi connectivity index (χ0n) is 7.08. The molecule has 1 aromatic rings. The Morgan fingerprint density at radius 1 is 1.57 bits per heavy atom. The summed E-state index contributed by atoms with van der Waals surface area (Å²) in [5, 5.41) is 12.1. The highest BCUT2D eigenvalue weighted by molar-refractivity contribution is 5.20. The number of alkyl halides is 3. The molecule has 0 aliphatic heterocycles. The molecular weight excluding hydrogens is 201 g/mol. The van der Waals surface area contributed by atoms with Crippen LogP contribution in [0.4, 0.5) is 13.2 Å². The maximum Gasteiger partial charge on any atom is 0.437 e. The first-order valence-electron chi connectivity index (χ1n) is 3.86. The van der Waals surface area contributed by atoms with Crippen molar-refractivity contribution >= 4 is 0 Å². The highest BCUT2D eigenvalue weighted by Gasteiger charge is 2.39. The minimum atomic E-state index is -4.61. The molecule has 0 amide bonds. The van der Waals surface area contributed by atoms with Gasteiger partial charge >= 0.3 is 6.18 Å². The topological polar surface area (TPSA) is 72.3 Å². The van der Waals surface area contributed by atoms with Crippen LogP contribution in [0, 0.1) is 0 Å². The van der Waals surface area contributed by atoms with Gasteiger partial charge in [0.25, 0.3) is 0 Å². The highest BCUT2D eigenvalue weighted by atomic mass is 19.4. The van der Waals surface area contributed by atoms with Gasteiger partial charge in [0.2, 0.25) is 0 Å². The predicted octanol–water partition coefficient (Wildman–Crippen LogP) is 1.08. The zero-order valence-corrected chi connectivity index (χ0v) is 7.08.